The number of nitrogens with zero attached hydrogens (tertiary/aromatic N) is 1. The van der Waals surface area contributed by atoms with Gasteiger partial charge in [0.05, 0.1) is 26.9 Å². The van der Waals surface area contributed by atoms with Gasteiger partial charge in [0.15, 0.2) is 0 Å². The lowest BCUT2D eigenvalue weighted by atomic mass is 9.94. The summed E-state index contributed by atoms with van der Waals surface area (Å²) in [5.74, 6) is 0. The summed E-state index contributed by atoms with van der Waals surface area (Å²) in [4.78, 5) is 9.83. The topological polar surface area (TPSA) is 65.0 Å². The number of allylic oxidation sites excluding steroid dienone is 2. The second-order valence-corrected chi connectivity index (χ2v) is 11.0. The van der Waals surface area contributed by atoms with Gasteiger partial charge in [0.1, 0.15) is 26.2 Å². The van der Waals surface area contributed by atoms with E-state index in [4.69, 9.17) is 13.8 Å². The average molecular weight is 461 g/mol. The second-order valence-electron chi connectivity index (χ2n) is 9.58. The van der Waals surface area contributed by atoms with Crippen molar-refractivity contribution >= 4 is 7.82 Å². The lowest BCUT2D eigenvalue weighted by Crippen LogP contribution is -2.53. The van der Waals surface area contributed by atoms with Gasteiger partial charge in [-0.15, -0.1) is 0 Å². The zero-order valence-corrected chi connectivity index (χ0v) is 20.8. The van der Waals surface area contributed by atoms with Crippen LogP contribution in [0, 0.1) is 0 Å². The molecule has 1 unspecified atom stereocenters. The molecule has 0 amide bonds. The molecule has 1 heterocycles. The Balaban J connectivity index is 1.36. The monoisotopic (exact) mass is 460 g/mol. The van der Waals surface area contributed by atoms with Crippen LogP contribution >= 0.6 is 7.82 Å². The van der Waals surface area contributed by atoms with Gasteiger partial charge in [-0.1, -0.05) is 56.6 Å². The molecule has 1 saturated heterocycles. The minimum Gasteiger partial charge on any atom is -0.370 e. The lowest BCUT2D eigenvalue weighted by Gasteiger charge is -2.37. The normalized spacial score (nSPS) is 21.0. The number of quaternary nitrogens is 1. The predicted molar refractivity (Wildman–Crippen MR) is 126 cm³/mol. The minimum absolute atomic E-state index is 0.237. The molecule has 1 atom stereocenters. The van der Waals surface area contributed by atoms with Crippen molar-refractivity contribution in [2.75, 3.05) is 53.1 Å². The van der Waals surface area contributed by atoms with Crippen molar-refractivity contribution in [2.45, 2.75) is 89.9 Å². The van der Waals surface area contributed by atoms with E-state index in [-0.39, 0.29) is 6.61 Å². The Hall–Kier alpha value is -0.230. The number of hydrogen-bond acceptors (Lipinski definition) is 4. The zero-order valence-electron chi connectivity index (χ0n) is 19.9. The molecule has 1 aliphatic carbocycles. The van der Waals surface area contributed by atoms with Gasteiger partial charge in [-0.25, -0.2) is 4.57 Å². The Morgan fingerprint density at radius 1 is 0.903 bits per heavy atom. The predicted octanol–water partition coefficient (Wildman–Crippen LogP) is 6.00. The van der Waals surface area contributed by atoms with Crippen LogP contribution in [-0.2, 0) is 18.3 Å². The van der Waals surface area contributed by atoms with Crippen LogP contribution in [0.25, 0.3) is 0 Å². The highest BCUT2D eigenvalue weighted by molar-refractivity contribution is 7.47. The number of rotatable bonds is 16. The van der Waals surface area contributed by atoms with E-state index < -0.39 is 7.82 Å². The molecule has 1 aliphatic heterocycles. The molecule has 0 aromatic heterocycles. The van der Waals surface area contributed by atoms with E-state index in [2.05, 4.69) is 13.1 Å². The molecule has 0 radical (unpaired) electrons. The van der Waals surface area contributed by atoms with Crippen LogP contribution in [-0.4, -0.2) is 62.5 Å². The quantitative estimate of drug-likeness (QED) is 0.132. The summed E-state index contributed by atoms with van der Waals surface area (Å²) in [6, 6.07) is 0. The fourth-order valence-electron chi connectivity index (χ4n) is 4.42. The molecule has 182 valence electrons. The van der Waals surface area contributed by atoms with E-state index in [1.807, 2.05) is 0 Å². The molecular weight excluding hydrogens is 413 g/mol. The van der Waals surface area contributed by atoms with Crippen LogP contribution in [0.1, 0.15) is 89.9 Å². The molecule has 31 heavy (non-hydrogen) atoms. The molecule has 7 heteroatoms. The number of hydrogen-bond donors (Lipinski definition) is 1. The third-order valence-electron chi connectivity index (χ3n) is 6.72. The summed E-state index contributed by atoms with van der Waals surface area (Å²) in [6.07, 6.45) is 20.2. The number of phosphoric acid groups is 1. The van der Waals surface area contributed by atoms with Crippen molar-refractivity contribution in [3.8, 4) is 0 Å². The molecule has 1 saturated carbocycles. The van der Waals surface area contributed by atoms with Crippen LogP contribution in [0.15, 0.2) is 11.6 Å². The maximum atomic E-state index is 12.0. The first kappa shape index (κ1) is 27.0. The number of unbranched alkanes of at least 4 members (excludes halogenated alkanes) is 8. The maximum absolute atomic E-state index is 12.0. The largest absolute Gasteiger partial charge is 0.472 e. The summed E-state index contributed by atoms with van der Waals surface area (Å²) in [6.45, 7) is 4.54. The summed E-state index contributed by atoms with van der Waals surface area (Å²) in [5.41, 5.74) is 1.71. The van der Waals surface area contributed by atoms with Crippen LogP contribution in [0.2, 0.25) is 0 Å². The van der Waals surface area contributed by atoms with Crippen molar-refractivity contribution in [1.82, 2.24) is 0 Å². The fraction of sp³-hybridized carbons (Fsp3) is 0.917. The molecule has 2 fully saturated rings. The molecule has 6 nitrogen and oxygen atoms in total. The van der Waals surface area contributed by atoms with Crippen molar-refractivity contribution in [1.29, 1.82) is 0 Å². The maximum Gasteiger partial charge on any atom is 0.472 e. The summed E-state index contributed by atoms with van der Waals surface area (Å²) in [7, 11) is -1.79. The van der Waals surface area contributed by atoms with E-state index in [1.165, 1.54) is 77.0 Å². The van der Waals surface area contributed by atoms with Gasteiger partial charge in [-0.3, -0.25) is 9.05 Å². The molecule has 2 rings (SSSR count). The van der Waals surface area contributed by atoms with Gasteiger partial charge in [0.2, 0.25) is 0 Å². The van der Waals surface area contributed by atoms with E-state index in [0.29, 0.717) is 13.2 Å². The van der Waals surface area contributed by atoms with Crippen LogP contribution in [0.5, 0.6) is 0 Å². The SMILES string of the molecule is C[N+]1(CCOP(=O)(O)OCCCCCCCCCCC=C2CCCCC2)CCOCC1. The molecule has 0 spiro atoms. The van der Waals surface area contributed by atoms with E-state index in [9.17, 15) is 9.46 Å². The van der Waals surface area contributed by atoms with Gasteiger partial charge < -0.3 is 14.1 Å². The highest BCUT2D eigenvalue weighted by Crippen LogP contribution is 2.43. The third kappa shape index (κ3) is 13.2. The summed E-state index contributed by atoms with van der Waals surface area (Å²) < 4.78 is 28.5. The van der Waals surface area contributed by atoms with Gasteiger partial charge in [-0.05, 0) is 44.9 Å². The van der Waals surface area contributed by atoms with Crippen LogP contribution < -0.4 is 0 Å². The highest BCUT2D eigenvalue weighted by Gasteiger charge is 2.27. The number of phosphoric ester groups is 1. The van der Waals surface area contributed by atoms with Gasteiger partial charge in [0, 0.05) is 0 Å². The average Bonchev–Trinajstić information content (AvgIpc) is 2.75. The van der Waals surface area contributed by atoms with Crippen LogP contribution in [0.4, 0.5) is 0 Å². The number of ether oxygens (including phenoxy) is 1. The molecule has 0 aromatic carbocycles. The Morgan fingerprint density at radius 3 is 2.16 bits per heavy atom. The third-order valence-corrected chi connectivity index (χ3v) is 7.74. The molecule has 1 N–H and O–H groups in total. The van der Waals surface area contributed by atoms with Crippen molar-refractivity contribution in [3.05, 3.63) is 11.6 Å². The fourth-order valence-corrected chi connectivity index (χ4v) is 5.17. The summed E-state index contributed by atoms with van der Waals surface area (Å²) in [5, 5.41) is 0. The van der Waals surface area contributed by atoms with Gasteiger partial charge in [0.25, 0.3) is 0 Å². The van der Waals surface area contributed by atoms with Crippen molar-refractivity contribution in [3.63, 3.8) is 0 Å². The number of morpholine rings is 1. The zero-order chi connectivity index (χ0) is 22.3. The van der Waals surface area contributed by atoms with Crippen molar-refractivity contribution in [2.24, 2.45) is 0 Å². The van der Waals surface area contributed by atoms with Crippen LogP contribution in [0.3, 0.4) is 0 Å². The lowest BCUT2D eigenvalue weighted by molar-refractivity contribution is -0.916. The Kier molecular flexibility index (Phi) is 13.6. The Morgan fingerprint density at radius 2 is 1.48 bits per heavy atom. The summed E-state index contributed by atoms with van der Waals surface area (Å²) >= 11 is 0. The highest BCUT2D eigenvalue weighted by atomic mass is 31.2. The first-order valence-corrected chi connectivity index (χ1v) is 14.2. The first-order valence-electron chi connectivity index (χ1n) is 12.7. The van der Waals surface area contributed by atoms with Crippen molar-refractivity contribution < 1.29 is 27.7 Å². The van der Waals surface area contributed by atoms with E-state index >= 15 is 0 Å². The van der Waals surface area contributed by atoms with Gasteiger partial charge >= 0.3 is 7.82 Å². The minimum atomic E-state index is -3.92. The number of likely N-dealkylation sites (N-methyl/N-ethyl adjacent to an activating group) is 1. The molecule has 2 aliphatic rings. The molecular formula is C24H47NO5P+. The Labute approximate surface area is 190 Å². The molecule has 0 bridgehead atoms. The van der Waals surface area contributed by atoms with E-state index in [1.54, 1.807) is 5.57 Å². The van der Waals surface area contributed by atoms with E-state index in [0.717, 1.165) is 43.6 Å². The van der Waals surface area contributed by atoms with Gasteiger partial charge in [-0.2, -0.15) is 0 Å². The molecule has 0 aromatic rings. The second kappa shape index (κ2) is 15.6. The standard InChI is InChI=1S/C24H46NO5P/c1-25(17-21-28-22-18-25)19-23-30-31(26,27)29-20-13-8-6-4-2-3-5-7-10-14-24-15-11-9-12-16-24/h14H,2-13,15-23H2,1H3/p+1. The first-order chi connectivity index (χ1) is 15.0. The smallest absolute Gasteiger partial charge is 0.370 e. The Bertz CT molecular complexity index is 540.